The van der Waals surface area contributed by atoms with Gasteiger partial charge in [0.25, 0.3) is 0 Å². The Morgan fingerprint density at radius 3 is 2.57 bits per heavy atom. The van der Waals surface area contributed by atoms with Gasteiger partial charge in [0.05, 0.1) is 23.2 Å². The molecular weight excluding hydrogens is 402 g/mol. The molecule has 0 amide bonds. The summed E-state index contributed by atoms with van der Waals surface area (Å²) in [6.07, 6.45) is 0.819. The monoisotopic (exact) mass is 415 g/mol. The zero-order valence-electron chi connectivity index (χ0n) is 11.5. The normalized spacial score (nSPS) is 10.4. The summed E-state index contributed by atoms with van der Waals surface area (Å²) in [6.45, 7) is 2.97. The van der Waals surface area contributed by atoms with E-state index in [0.29, 0.717) is 23.4 Å². The first kappa shape index (κ1) is 16.1. The Hall–Kier alpha value is -1.27. The number of rotatable bonds is 6. The quantitative estimate of drug-likeness (QED) is 0.674. The molecule has 0 bridgehead atoms. The molecule has 0 aliphatic rings. The number of esters is 1. The molecule has 0 unspecified atom stereocenters. The smallest absolute Gasteiger partial charge is 0.338 e. The van der Waals surface area contributed by atoms with Crippen LogP contribution in [0.1, 0.15) is 29.5 Å². The molecule has 112 valence electrons. The van der Waals surface area contributed by atoms with E-state index < -0.39 is 0 Å². The number of halogens is 2. The predicted octanol–water partition coefficient (Wildman–Crippen LogP) is 4.98. The molecule has 2 rings (SSSR count). The Morgan fingerprint density at radius 2 is 2.00 bits per heavy atom. The van der Waals surface area contributed by atoms with Gasteiger partial charge in [-0.1, -0.05) is 6.92 Å². The van der Waals surface area contributed by atoms with Crippen LogP contribution in [-0.2, 0) is 11.3 Å². The molecule has 1 N–H and O–H groups in total. The van der Waals surface area contributed by atoms with E-state index in [2.05, 4.69) is 37.2 Å². The van der Waals surface area contributed by atoms with Gasteiger partial charge in [0.15, 0.2) is 4.67 Å². The molecule has 0 radical (unpaired) electrons. The van der Waals surface area contributed by atoms with Crippen LogP contribution >= 0.6 is 31.9 Å². The van der Waals surface area contributed by atoms with E-state index in [1.165, 1.54) is 0 Å². The fraction of sp³-hybridized carbons (Fsp3) is 0.267. The van der Waals surface area contributed by atoms with E-state index in [-0.39, 0.29) is 5.97 Å². The molecule has 0 aliphatic heterocycles. The molecule has 0 fully saturated rings. The van der Waals surface area contributed by atoms with Crippen molar-refractivity contribution in [3.63, 3.8) is 0 Å². The van der Waals surface area contributed by atoms with Crippen LogP contribution in [0.2, 0.25) is 0 Å². The number of carbonyl (C=O) groups excluding carboxylic acids is 1. The molecule has 1 aromatic heterocycles. The number of anilines is 1. The van der Waals surface area contributed by atoms with Gasteiger partial charge in [0.1, 0.15) is 5.76 Å². The minimum atomic E-state index is -0.290. The average Bonchev–Trinajstić information content (AvgIpc) is 2.82. The molecule has 1 aromatic carbocycles. The molecular formula is C15H15Br2NO3. The first-order chi connectivity index (χ1) is 10.1. The summed E-state index contributed by atoms with van der Waals surface area (Å²) in [5.74, 6) is 0.516. The van der Waals surface area contributed by atoms with Crippen molar-refractivity contribution in [1.29, 1.82) is 0 Å². The Bertz CT molecular complexity index is 588. The Kier molecular flexibility index (Phi) is 5.87. The highest BCUT2D eigenvalue weighted by Gasteiger charge is 2.07. The lowest BCUT2D eigenvalue weighted by molar-refractivity contribution is 0.0505. The third-order valence-electron chi connectivity index (χ3n) is 2.72. The second-order valence-electron chi connectivity index (χ2n) is 4.40. The van der Waals surface area contributed by atoms with Crippen LogP contribution in [0.5, 0.6) is 0 Å². The fourth-order valence-corrected chi connectivity index (χ4v) is 2.33. The molecule has 0 aliphatic carbocycles. The minimum Gasteiger partial charge on any atom is -0.462 e. The third-order valence-corrected chi connectivity index (χ3v) is 4.43. The minimum absolute atomic E-state index is 0.290. The summed E-state index contributed by atoms with van der Waals surface area (Å²) in [7, 11) is 0. The first-order valence-corrected chi connectivity index (χ1v) is 8.13. The second-order valence-corrected chi connectivity index (χ2v) is 5.98. The number of ether oxygens (including phenoxy) is 1. The van der Waals surface area contributed by atoms with Gasteiger partial charge in [0, 0.05) is 5.69 Å². The maximum atomic E-state index is 11.7. The molecule has 0 atom stereocenters. The highest BCUT2D eigenvalue weighted by Crippen LogP contribution is 2.27. The highest BCUT2D eigenvalue weighted by atomic mass is 79.9. The summed E-state index contributed by atoms with van der Waals surface area (Å²) in [4.78, 5) is 11.7. The SMILES string of the molecule is CCCOC(=O)c1ccc(NCc2cc(Br)c(Br)o2)cc1. The Labute approximate surface area is 140 Å². The van der Waals surface area contributed by atoms with Crippen LogP contribution in [0.15, 0.2) is 43.9 Å². The lowest BCUT2D eigenvalue weighted by Crippen LogP contribution is -2.06. The molecule has 2 aromatic rings. The van der Waals surface area contributed by atoms with Crippen LogP contribution in [0, 0.1) is 0 Å². The number of benzene rings is 1. The van der Waals surface area contributed by atoms with Gasteiger partial charge in [0.2, 0.25) is 0 Å². The van der Waals surface area contributed by atoms with E-state index in [0.717, 1.165) is 22.3 Å². The summed E-state index contributed by atoms with van der Waals surface area (Å²) in [5, 5.41) is 3.22. The van der Waals surface area contributed by atoms with Gasteiger partial charge in [-0.3, -0.25) is 0 Å². The third kappa shape index (κ3) is 4.61. The van der Waals surface area contributed by atoms with Crippen molar-refractivity contribution < 1.29 is 13.9 Å². The van der Waals surface area contributed by atoms with Gasteiger partial charge in [-0.05, 0) is 68.6 Å². The van der Waals surface area contributed by atoms with E-state index in [1.54, 1.807) is 12.1 Å². The van der Waals surface area contributed by atoms with E-state index >= 15 is 0 Å². The van der Waals surface area contributed by atoms with Gasteiger partial charge < -0.3 is 14.5 Å². The lowest BCUT2D eigenvalue weighted by atomic mass is 10.2. The number of carbonyl (C=O) groups is 1. The zero-order chi connectivity index (χ0) is 15.2. The highest BCUT2D eigenvalue weighted by molar-refractivity contribution is 9.13. The Balaban J connectivity index is 1.91. The summed E-state index contributed by atoms with van der Waals surface area (Å²) in [5.41, 5.74) is 1.46. The lowest BCUT2D eigenvalue weighted by Gasteiger charge is -2.06. The standard InChI is InChI=1S/C15H15Br2NO3/c1-2-7-20-15(19)10-3-5-11(6-4-10)18-9-12-8-13(16)14(17)21-12/h3-6,8,18H,2,7,9H2,1H3. The Morgan fingerprint density at radius 1 is 1.29 bits per heavy atom. The maximum absolute atomic E-state index is 11.7. The molecule has 21 heavy (non-hydrogen) atoms. The predicted molar refractivity (Wildman–Crippen MR) is 88.5 cm³/mol. The van der Waals surface area contributed by atoms with E-state index in [4.69, 9.17) is 9.15 Å². The molecule has 0 spiro atoms. The van der Waals surface area contributed by atoms with Crippen molar-refractivity contribution in [3.05, 3.63) is 50.8 Å². The van der Waals surface area contributed by atoms with Crippen molar-refractivity contribution in [2.24, 2.45) is 0 Å². The molecule has 6 heteroatoms. The van der Waals surface area contributed by atoms with Crippen molar-refractivity contribution in [3.8, 4) is 0 Å². The number of nitrogens with one attached hydrogen (secondary N) is 1. The maximum Gasteiger partial charge on any atom is 0.338 e. The van der Waals surface area contributed by atoms with Crippen LogP contribution < -0.4 is 5.32 Å². The second kappa shape index (κ2) is 7.66. The van der Waals surface area contributed by atoms with E-state index in [9.17, 15) is 4.79 Å². The van der Waals surface area contributed by atoms with Crippen molar-refractivity contribution in [1.82, 2.24) is 0 Å². The molecule has 4 nitrogen and oxygen atoms in total. The van der Waals surface area contributed by atoms with Crippen LogP contribution in [0.25, 0.3) is 0 Å². The topological polar surface area (TPSA) is 51.5 Å². The van der Waals surface area contributed by atoms with Gasteiger partial charge in [-0.25, -0.2) is 4.79 Å². The first-order valence-electron chi connectivity index (χ1n) is 6.55. The number of hydrogen-bond acceptors (Lipinski definition) is 4. The van der Waals surface area contributed by atoms with Crippen molar-refractivity contribution >= 4 is 43.5 Å². The molecule has 0 saturated carbocycles. The summed E-state index contributed by atoms with van der Waals surface area (Å²) in [6, 6.07) is 9.07. The van der Waals surface area contributed by atoms with Gasteiger partial charge >= 0.3 is 5.97 Å². The average molecular weight is 417 g/mol. The van der Waals surface area contributed by atoms with Crippen LogP contribution in [-0.4, -0.2) is 12.6 Å². The van der Waals surface area contributed by atoms with Crippen LogP contribution in [0.3, 0.4) is 0 Å². The number of furan rings is 1. The summed E-state index contributed by atoms with van der Waals surface area (Å²) < 4.78 is 12.1. The zero-order valence-corrected chi connectivity index (χ0v) is 14.7. The largest absolute Gasteiger partial charge is 0.462 e. The van der Waals surface area contributed by atoms with Crippen molar-refractivity contribution in [2.75, 3.05) is 11.9 Å². The van der Waals surface area contributed by atoms with Crippen LogP contribution in [0.4, 0.5) is 5.69 Å². The summed E-state index contributed by atoms with van der Waals surface area (Å²) >= 11 is 6.66. The molecule has 0 saturated heterocycles. The molecule has 1 heterocycles. The van der Waals surface area contributed by atoms with Crippen molar-refractivity contribution in [2.45, 2.75) is 19.9 Å². The van der Waals surface area contributed by atoms with Gasteiger partial charge in [-0.2, -0.15) is 0 Å². The number of hydrogen-bond donors (Lipinski definition) is 1. The van der Waals surface area contributed by atoms with E-state index in [1.807, 2.05) is 25.1 Å². The van der Waals surface area contributed by atoms with Gasteiger partial charge in [-0.15, -0.1) is 0 Å². The fourth-order valence-electron chi connectivity index (χ4n) is 1.67.